The maximum Gasteiger partial charge on any atom is 0.417 e. The fourth-order valence-corrected chi connectivity index (χ4v) is 3.49. The first-order chi connectivity index (χ1) is 9.70. The Bertz CT molecular complexity index is 613. The Morgan fingerprint density at radius 2 is 2.10 bits per heavy atom. The van der Waals surface area contributed by atoms with Crippen LogP contribution in [0.25, 0.3) is 0 Å². The highest BCUT2D eigenvalue weighted by molar-refractivity contribution is 7.89. The van der Waals surface area contributed by atoms with E-state index < -0.39 is 26.7 Å². The van der Waals surface area contributed by atoms with E-state index in [0.29, 0.717) is 19.1 Å². The van der Waals surface area contributed by atoms with E-state index in [2.05, 4.69) is 4.72 Å². The van der Waals surface area contributed by atoms with Gasteiger partial charge in [0.05, 0.1) is 16.6 Å². The molecule has 0 saturated carbocycles. The predicted molar refractivity (Wildman–Crippen MR) is 70.6 cm³/mol. The monoisotopic (exact) mass is 343 g/mol. The fraction of sp³-hybridized carbons (Fsp3) is 0.500. The minimum absolute atomic E-state index is 0.0533. The number of benzene rings is 1. The summed E-state index contributed by atoms with van der Waals surface area (Å²) in [6.07, 6.45) is -3.63. The number of halogens is 4. The van der Waals surface area contributed by atoms with Gasteiger partial charge in [-0.1, -0.05) is 11.6 Å². The molecule has 1 fully saturated rings. The Morgan fingerprint density at radius 1 is 1.38 bits per heavy atom. The van der Waals surface area contributed by atoms with Gasteiger partial charge in [-0.25, -0.2) is 13.1 Å². The summed E-state index contributed by atoms with van der Waals surface area (Å²) in [6.45, 7) is 0.476. The van der Waals surface area contributed by atoms with Gasteiger partial charge >= 0.3 is 6.18 Å². The molecule has 0 spiro atoms. The van der Waals surface area contributed by atoms with Gasteiger partial charge in [-0.05, 0) is 31.0 Å². The van der Waals surface area contributed by atoms with Crippen molar-refractivity contribution in [1.29, 1.82) is 0 Å². The first-order valence-electron chi connectivity index (χ1n) is 6.18. The number of nitrogens with one attached hydrogen (secondary N) is 1. The fourth-order valence-electron chi connectivity index (χ4n) is 2.04. The second kappa shape index (κ2) is 6.12. The molecule has 21 heavy (non-hydrogen) atoms. The van der Waals surface area contributed by atoms with Crippen LogP contribution in [0.1, 0.15) is 18.4 Å². The van der Waals surface area contributed by atoms with Crippen LogP contribution in [0.2, 0.25) is 5.02 Å². The summed E-state index contributed by atoms with van der Waals surface area (Å²) in [5.41, 5.74) is -1.28. The molecular weight excluding hydrogens is 331 g/mol. The predicted octanol–water partition coefficient (Wildman–Crippen LogP) is 2.82. The Labute approximate surface area is 125 Å². The summed E-state index contributed by atoms with van der Waals surface area (Å²) in [6, 6.07) is 2.56. The van der Waals surface area contributed by atoms with Gasteiger partial charge in [0.1, 0.15) is 0 Å². The van der Waals surface area contributed by atoms with Crippen molar-refractivity contribution in [3.05, 3.63) is 28.8 Å². The van der Waals surface area contributed by atoms with E-state index in [1.165, 1.54) is 0 Å². The molecule has 4 nitrogen and oxygen atoms in total. The van der Waals surface area contributed by atoms with Crippen LogP contribution >= 0.6 is 11.6 Å². The molecule has 0 unspecified atom stereocenters. The molecule has 1 atom stereocenters. The topological polar surface area (TPSA) is 55.4 Å². The van der Waals surface area contributed by atoms with Crippen molar-refractivity contribution < 1.29 is 26.3 Å². The molecule has 1 aliphatic rings. The van der Waals surface area contributed by atoms with Crippen molar-refractivity contribution >= 4 is 21.6 Å². The third kappa shape index (κ3) is 4.09. The third-order valence-electron chi connectivity index (χ3n) is 3.06. The maximum atomic E-state index is 12.9. The van der Waals surface area contributed by atoms with Crippen molar-refractivity contribution in [1.82, 2.24) is 4.72 Å². The van der Waals surface area contributed by atoms with E-state index in [0.717, 1.165) is 18.6 Å². The van der Waals surface area contributed by atoms with Gasteiger partial charge in [-0.15, -0.1) is 0 Å². The summed E-state index contributed by atoms with van der Waals surface area (Å²) >= 11 is 5.52. The molecule has 1 saturated heterocycles. The Hall–Kier alpha value is -0.830. The highest BCUT2D eigenvalue weighted by atomic mass is 35.5. The van der Waals surface area contributed by atoms with Gasteiger partial charge in [0.15, 0.2) is 0 Å². The smallest absolute Gasteiger partial charge is 0.377 e. The zero-order valence-corrected chi connectivity index (χ0v) is 12.4. The van der Waals surface area contributed by atoms with Gasteiger partial charge in [0, 0.05) is 18.2 Å². The lowest BCUT2D eigenvalue weighted by molar-refractivity contribution is -0.139. The van der Waals surface area contributed by atoms with Crippen molar-refractivity contribution in [3.63, 3.8) is 0 Å². The van der Waals surface area contributed by atoms with Gasteiger partial charge in [-0.3, -0.25) is 0 Å². The molecule has 0 radical (unpaired) electrons. The summed E-state index contributed by atoms with van der Waals surface area (Å²) in [5, 5.41) is -0.180. The standard InChI is InChI=1S/C12H13ClF3NO3S/c13-8-3-4-11(10(6-8)12(14,15)16)21(18,19)17-7-9-2-1-5-20-9/h3-4,6,9,17H,1-2,5,7H2/t9-/m0/s1. The first kappa shape index (κ1) is 16.5. The van der Waals surface area contributed by atoms with Crippen LogP contribution in [0.5, 0.6) is 0 Å². The van der Waals surface area contributed by atoms with E-state index in [1.807, 2.05) is 0 Å². The Morgan fingerprint density at radius 3 is 2.67 bits per heavy atom. The summed E-state index contributed by atoms with van der Waals surface area (Å²) in [4.78, 5) is -0.836. The molecule has 1 aromatic rings. The van der Waals surface area contributed by atoms with Crippen LogP contribution in [-0.2, 0) is 20.9 Å². The largest absolute Gasteiger partial charge is 0.417 e. The van der Waals surface area contributed by atoms with Gasteiger partial charge in [0.25, 0.3) is 0 Å². The number of sulfonamides is 1. The average Bonchev–Trinajstić information content (AvgIpc) is 2.88. The molecule has 0 bridgehead atoms. The summed E-state index contributed by atoms with van der Waals surface area (Å²) < 4.78 is 70.3. The molecule has 0 aromatic heterocycles. The van der Waals surface area contributed by atoms with Crippen molar-refractivity contribution in [2.75, 3.05) is 13.2 Å². The molecule has 1 heterocycles. The second-order valence-corrected chi connectivity index (χ2v) is 6.80. The van der Waals surface area contributed by atoms with Crippen molar-refractivity contribution in [3.8, 4) is 0 Å². The lowest BCUT2D eigenvalue weighted by Crippen LogP contribution is -2.33. The molecule has 0 amide bonds. The summed E-state index contributed by atoms with van der Waals surface area (Å²) in [7, 11) is -4.29. The molecule has 1 N–H and O–H groups in total. The number of ether oxygens (including phenoxy) is 1. The molecule has 9 heteroatoms. The van der Waals surface area contributed by atoms with Crippen LogP contribution in [0.3, 0.4) is 0 Å². The number of hydrogen-bond acceptors (Lipinski definition) is 3. The molecule has 118 valence electrons. The van der Waals surface area contributed by atoms with E-state index in [1.54, 1.807) is 0 Å². The highest BCUT2D eigenvalue weighted by Crippen LogP contribution is 2.35. The number of alkyl halides is 3. The molecule has 1 aliphatic heterocycles. The molecule has 2 rings (SSSR count). The minimum atomic E-state index is -4.81. The molecule has 1 aromatic carbocycles. The maximum absolute atomic E-state index is 12.9. The van der Waals surface area contributed by atoms with Crippen LogP contribution in [0.4, 0.5) is 13.2 Å². The first-order valence-corrected chi connectivity index (χ1v) is 8.04. The SMILES string of the molecule is O=S(=O)(NC[C@@H]1CCCO1)c1ccc(Cl)cc1C(F)(F)F. The van der Waals surface area contributed by atoms with E-state index in [-0.39, 0.29) is 17.7 Å². The Balaban J connectivity index is 2.26. The number of rotatable bonds is 4. The zero-order chi connectivity index (χ0) is 15.7. The highest BCUT2D eigenvalue weighted by Gasteiger charge is 2.37. The number of hydrogen-bond donors (Lipinski definition) is 1. The quantitative estimate of drug-likeness (QED) is 0.914. The minimum Gasteiger partial charge on any atom is -0.377 e. The van der Waals surface area contributed by atoms with Gasteiger partial charge < -0.3 is 4.74 Å². The van der Waals surface area contributed by atoms with Crippen LogP contribution in [0.15, 0.2) is 23.1 Å². The van der Waals surface area contributed by atoms with Gasteiger partial charge in [-0.2, -0.15) is 13.2 Å². The van der Waals surface area contributed by atoms with E-state index in [9.17, 15) is 21.6 Å². The van der Waals surface area contributed by atoms with E-state index >= 15 is 0 Å². The summed E-state index contributed by atoms with van der Waals surface area (Å²) in [5.74, 6) is 0. The lowest BCUT2D eigenvalue weighted by Gasteiger charge is -2.15. The zero-order valence-electron chi connectivity index (χ0n) is 10.8. The molecular formula is C12H13ClF3NO3S. The average molecular weight is 344 g/mol. The van der Waals surface area contributed by atoms with Gasteiger partial charge in [0.2, 0.25) is 10.0 Å². The van der Waals surface area contributed by atoms with E-state index in [4.69, 9.17) is 16.3 Å². The van der Waals surface area contributed by atoms with Crippen molar-refractivity contribution in [2.45, 2.75) is 30.0 Å². The third-order valence-corrected chi connectivity index (χ3v) is 4.78. The van der Waals surface area contributed by atoms with Crippen LogP contribution in [-0.4, -0.2) is 27.7 Å². The Kier molecular flexibility index (Phi) is 4.82. The van der Waals surface area contributed by atoms with Crippen LogP contribution < -0.4 is 4.72 Å². The van der Waals surface area contributed by atoms with Crippen molar-refractivity contribution in [2.24, 2.45) is 0 Å². The normalized spacial score (nSPS) is 19.9. The lowest BCUT2D eigenvalue weighted by atomic mass is 10.2. The second-order valence-electron chi connectivity index (χ2n) is 4.63. The van der Waals surface area contributed by atoms with Crippen LogP contribution in [0, 0.1) is 0 Å². The molecule has 0 aliphatic carbocycles.